The summed E-state index contributed by atoms with van der Waals surface area (Å²) in [7, 11) is 0. The fourth-order valence-corrected chi connectivity index (χ4v) is 4.21. The highest BCUT2D eigenvalue weighted by Gasteiger charge is 2.32. The number of ether oxygens (including phenoxy) is 1. The van der Waals surface area contributed by atoms with Crippen LogP contribution in [0.4, 0.5) is 20.7 Å². The zero-order chi connectivity index (χ0) is 23.1. The van der Waals surface area contributed by atoms with Crippen LogP contribution in [0.5, 0.6) is 0 Å². The van der Waals surface area contributed by atoms with Crippen LogP contribution in [-0.4, -0.2) is 58.6 Å². The van der Waals surface area contributed by atoms with Crippen LogP contribution < -0.4 is 15.5 Å². The molecule has 1 aromatic heterocycles. The Bertz CT molecular complexity index is 1110. The number of nitrogens with one attached hydrogen (secondary N) is 2. The number of hydrogen-bond acceptors (Lipinski definition) is 6. The summed E-state index contributed by atoms with van der Waals surface area (Å²) in [5.74, 6) is 0.419. The van der Waals surface area contributed by atoms with Crippen molar-refractivity contribution in [3.8, 4) is 11.4 Å². The van der Waals surface area contributed by atoms with Crippen LogP contribution in [0.15, 0.2) is 18.2 Å². The molecule has 9 nitrogen and oxygen atoms in total. The second-order valence-corrected chi connectivity index (χ2v) is 8.86. The Labute approximate surface area is 191 Å². The molecule has 0 radical (unpaired) electrons. The largest absolute Gasteiger partial charge is 0.377 e. The molecule has 0 bridgehead atoms. The zero-order valence-electron chi connectivity index (χ0n) is 18.7. The normalized spacial score (nSPS) is 19.9. The van der Waals surface area contributed by atoms with E-state index in [4.69, 9.17) is 9.72 Å². The van der Waals surface area contributed by atoms with Crippen molar-refractivity contribution in [2.45, 2.75) is 51.9 Å². The van der Waals surface area contributed by atoms with Crippen molar-refractivity contribution in [1.29, 1.82) is 0 Å². The zero-order valence-corrected chi connectivity index (χ0v) is 18.7. The maximum atomic E-state index is 15.1. The first kappa shape index (κ1) is 21.6. The molecule has 174 valence electrons. The molecular formula is C23H27FN6O3. The second-order valence-electron chi connectivity index (χ2n) is 8.86. The molecule has 3 aliphatic rings. The summed E-state index contributed by atoms with van der Waals surface area (Å²) in [6.07, 6.45) is 1.95. The smallest absolute Gasteiger partial charge is 0.319 e. The number of amides is 3. The van der Waals surface area contributed by atoms with E-state index in [1.54, 1.807) is 17.0 Å². The quantitative estimate of drug-likeness (QED) is 0.737. The third-order valence-corrected chi connectivity index (χ3v) is 6.23. The van der Waals surface area contributed by atoms with E-state index in [0.717, 1.165) is 29.9 Å². The van der Waals surface area contributed by atoms with Gasteiger partial charge in [0.05, 0.1) is 43.6 Å². The molecule has 2 aromatic rings. The van der Waals surface area contributed by atoms with E-state index >= 15 is 4.39 Å². The topological polar surface area (TPSA) is 99.7 Å². The number of rotatable bonds is 4. The number of nitrogens with zero attached hydrogens (tertiary/aromatic N) is 4. The van der Waals surface area contributed by atoms with E-state index in [9.17, 15) is 9.59 Å². The fourth-order valence-electron chi connectivity index (χ4n) is 4.21. The summed E-state index contributed by atoms with van der Waals surface area (Å²) in [4.78, 5) is 37.2. The average Bonchev–Trinajstić information content (AvgIpc) is 3.47. The minimum Gasteiger partial charge on any atom is -0.377 e. The summed E-state index contributed by atoms with van der Waals surface area (Å²) in [5.41, 5.74) is 2.24. The number of carbonyl (C=O) groups is 2. The molecule has 2 aliphatic heterocycles. The first-order chi connectivity index (χ1) is 15.9. The number of hydrogen-bond donors (Lipinski definition) is 2. The van der Waals surface area contributed by atoms with Gasteiger partial charge in [0.2, 0.25) is 5.91 Å². The molecule has 0 spiro atoms. The fraction of sp³-hybridized carbons (Fsp3) is 0.478. The van der Waals surface area contributed by atoms with Gasteiger partial charge in [-0.3, -0.25) is 4.79 Å². The highest BCUT2D eigenvalue weighted by molar-refractivity contribution is 5.90. The van der Waals surface area contributed by atoms with Crippen molar-refractivity contribution in [2.75, 3.05) is 30.0 Å². The first-order valence-corrected chi connectivity index (χ1v) is 11.3. The van der Waals surface area contributed by atoms with E-state index < -0.39 is 5.82 Å². The van der Waals surface area contributed by atoms with Gasteiger partial charge >= 0.3 is 6.03 Å². The number of benzene rings is 1. The van der Waals surface area contributed by atoms with Gasteiger partial charge in [-0.2, -0.15) is 0 Å². The summed E-state index contributed by atoms with van der Waals surface area (Å²) in [5, 5.41) is 5.48. The minimum atomic E-state index is -0.526. The van der Waals surface area contributed by atoms with Gasteiger partial charge in [-0.05, 0) is 38.0 Å². The third kappa shape index (κ3) is 4.47. The summed E-state index contributed by atoms with van der Waals surface area (Å²) >= 11 is 0. The lowest BCUT2D eigenvalue weighted by Crippen LogP contribution is -2.44. The Morgan fingerprint density at radius 3 is 2.73 bits per heavy atom. The molecule has 3 amide bonds. The number of urea groups is 1. The van der Waals surface area contributed by atoms with Gasteiger partial charge in [-0.1, -0.05) is 0 Å². The van der Waals surface area contributed by atoms with Crippen LogP contribution in [-0.2, 0) is 22.6 Å². The van der Waals surface area contributed by atoms with Gasteiger partial charge in [0.25, 0.3) is 0 Å². The number of aromatic nitrogens is 2. The Morgan fingerprint density at radius 2 is 2.03 bits per heavy atom. The first-order valence-electron chi connectivity index (χ1n) is 11.3. The molecule has 1 unspecified atom stereocenters. The third-order valence-electron chi connectivity index (χ3n) is 6.23. The van der Waals surface area contributed by atoms with Crippen LogP contribution in [0, 0.1) is 5.82 Å². The molecule has 1 saturated carbocycles. The van der Waals surface area contributed by atoms with Gasteiger partial charge in [0, 0.05) is 30.8 Å². The van der Waals surface area contributed by atoms with Gasteiger partial charge in [0.1, 0.15) is 11.6 Å². The highest BCUT2D eigenvalue weighted by atomic mass is 19.1. The molecule has 2 N–H and O–H groups in total. The number of fused-ring (bicyclic) bond motifs is 1. The second kappa shape index (κ2) is 8.58. The Balaban J connectivity index is 1.48. The summed E-state index contributed by atoms with van der Waals surface area (Å²) < 4.78 is 20.7. The lowest BCUT2D eigenvalue weighted by atomic mass is 10.1. The summed E-state index contributed by atoms with van der Waals surface area (Å²) in [6.45, 7) is 6.20. The maximum Gasteiger partial charge on any atom is 0.319 e. The van der Waals surface area contributed by atoms with Crippen LogP contribution in [0.2, 0.25) is 0 Å². The maximum absolute atomic E-state index is 15.1. The van der Waals surface area contributed by atoms with Crippen LogP contribution in [0.3, 0.4) is 0 Å². The number of carbonyl (C=O) groups excluding carboxylic acids is 2. The van der Waals surface area contributed by atoms with Gasteiger partial charge in [-0.15, -0.1) is 0 Å². The average molecular weight is 455 g/mol. The van der Waals surface area contributed by atoms with Gasteiger partial charge in [0.15, 0.2) is 5.82 Å². The van der Waals surface area contributed by atoms with Crippen LogP contribution in [0.25, 0.3) is 11.4 Å². The molecule has 10 heteroatoms. The van der Waals surface area contributed by atoms with Crippen molar-refractivity contribution in [2.24, 2.45) is 0 Å². The standard InChI is InChI=1S/C23H27FN6O3/c1-13-12-33-8-7-30(13)22-18-10-29(14(2)31)11-20(18)27-21(28-22)17-6-5-16(9-19(17)24)26-23(32)25-15-3-4-15/h5-6,9,13,15H,3-4,7-8,10-12H2,1-2H3,(H2,25,26,32). The van der Waals surface area contributed by atoms with Crippen molar-refractivity contribution >= 4 is 23.4 Å². The van der Waals surface area contributed by atoms with Gasteiger partial charge < -0.3 is 25.2 Å². The number of morpholine rings is 1. The van der Waals surface area contributed by atoms with Gasteiger partial charge in [-0.25, -0.2) is 19.2 Å². The van der Waals surface area contributed by atoms with Crippen molar-refractivity contribution in [1.82, 2.24) is 20.2 Å². The molecule has 33 heavy (non-hydrogen) atoms. The van der Waals surface area contributed by atoms with E-state index in [2.05, 4.69) is 27.4 Å². The SMILES string of the molecule is CC(=O)N1Cc2nc(-c3ccc(NC(=O)NC4CC4)cc3F)nc(N3CCOCC3C)c2C1. The molecule has 5 rings (SSSR count). The number of anilines is 2. The van der Waals surface area contributed by atoms with Crippen LogP contribution in [0.1, 0.15) is 37.9 Å². The predicted molar refractivity (Wildman–Crippen MR) is 120 cm³/mol. The predicted octanol–water partition coefficient (Wildman–Crippen LogP) is 2.65. The van der Waals surface area contributed by atoms with E-state index in [0.29, 0.717) is 38.5 Å². The Hall–Kier alpha value is -3.27. The van der Waals surface area contributed by atoms with E-state index in [1.165, 1.54) is 13.0 Å². The van der Waals surface area contributed by atoms with Crippen molar-refractivity contribution < 1.29 is 18.7 Å². The molecule has 1 saturated heterocycles. The molecule has 2 fully saturated rings. The van der Waals surface area contributed by atoms with Crippen molar-refractivity contribution in [3.63, 3.8) is 0 Å². The monoisotopic (exact) mass is 454 g/mol. The van der Waals surface area contributed by atoms with Crippen LogP contribution >= 0.6 is 0 Å². The minimum absolute atomic E-state index is 0.0402. The van der Waals surface area contributed by atoms with Crippen molar-refractivity contribution in [3.05, 3.63) is 35.3 Å². The lowest BCUT2D eigenvalue weighted by molar-refractivity contribution is -0.129. The van der Waals surface area contributed by atoms with E-state index in [1.807, 2.05) is 0 Å². The molecule has 3 heterocycles. The summed E-state index contributed by atoms with van der Waals surface area (Å²) in [6, 6.07) is 4.46. The molecule has 1 atom stereocenters. The Morgan fingerprint density at radius 1 is 1.21 bits per heavy atom. The van der Waals surface area contributed by atoms with E-state index in [-0.39, 0.29) is 35.4 Å². The molecule has 1 aliphatic carbocycles. The highest BCUT2D eigenvalue weighted by Crippen LogP contribution is 2.34. The Kier molecular flexibility index (Phi) is 5.61. The number of halogens is 1. The lowest BCUT2D eigenvalue weighted by Gasteiger charge is -2.35. The molecule has 1 aromatic carbocycles. The molecular weight excluding hydrogens is 427 g/mol.